The summed E-state index contributed by atoms with van der Waals surface area (Å²) in [5, 5.41) is 11.5. The molecule has 0 unspecified atom stereocenters. The van der Waals surface area contributed by atoms with Crippen molar-refractivity contribution in [3.63, 3.8) is 0 Å². The molecule has 128 valence electrons. The zero-order valence-corrected chi connectivity index (χ0v) is 14.5. The fourth-order valence-corrected chi connectivity index (χ4v) is 3.60. The molecule has 1 rings (SSSR count). The van der Waals surface area contributed by atoms with Gasteiger partial charge in [-0.3, -0.25) is 9.59 Å². The van der Waals surface area contributed by atoms with Gasteiger partial charge in [-0.15, -0.1) is 11.8 Å². The quantitative estimate of drug-likeness (QED) is 0.696. The van der Waals surface area contributed by atoms with E-state index in [9.17, 15) is 9.59 Å². The Hall–Kier alpha value is -0.710. The molecule has 1 aliphatic carbocycles. The molecule has 0 bridgehead atoms. The largest absolute Gasteiger partial charge is 0.481 e. The molecule has 0 aromatic rings. The molecule has 1 saturated carbocycles. The Morgan fingerprint density at radius 3 is 2.05 bits per heavy atom. The standard InChI is InChI=1S/C17H31NO3S/c19-16(18-11-12-22-14-17(20)21)13-15-9-7-5-3-1-2-4-6-8-10-15/h15H,1-14H2,(H,18,19)(H,20,21). The van der Waals surface area contributed by atoms with Gasteiger partial charge in [-0.1, -0.05) is 51.4 Å². The Bertz CT molecular complexity index is 311. The fourth-order valence-electron chi connectivity index (χ4n) is 3.03. The van der Waals surface area contributed by atoms with Gasteiger partial charge in [-0.25, -0.2) is 0 Å². The Morgan fingerprint density at radius 1 is 0.955 bits per heavy atom. The maximum atomic E-state index is 12.0. The van der Waals surface area contributed by atoms with Gasteiger partial charge in [-0.05, 0) is 18.8 Å². The number of amides is 1. The number of carboxylic acid groups (broad SMARTS) is 1. The van der Waals surface area contributed by atoms with Gasteiger partial charge in [0.05, 0.1) is 5.75 Å². The second-order valence-corrected chi connectivity index (χ2v) is 7.38. The number of carbonyl (C=O) groups excluding carboxylic acids is 1. The normalized spacial score (nSPS) is 18.4. The highest BCUT2D eigenvalue weighted by Crippen LogP contribution is 2.23. The van der Waals surface area contributed by atoms with Crippen molar-refractivity contribution in [3.8, 4) is 0 Å². The predicted molar refractivity (Wildman–Crippen MR) is 92.2 cm³/mol. The second kappa shape index (κ2) is 12.8. The monoisotopic (exact) mass is 329 g/mol. The molecule has 4 nitrogen and oxygen atoms in total. The van der Waals surface area contributed by atoms with Crippen LogP contribution in [0.4, 0.5) is 0 Å². The molecule has 22 heavy (non-hydrogen) atoms. The van der Waals surface area contributed by atoms with Crippen molar-refractivity contribution in [1.82, 2.24) is 5.32 Å². The molecule has 1 aliphatic rings. The topological polar surface area (TPSA) is 66.4 Å². The summed E-state index contributed by atoms with van der Waals surface area (Å²) < 4.78 is 0. The smallest absolute Gasteiger partial charge is 0.313 e. The summed E-state index contributed by atoms with van der Waals surface area (Å²) in [5.41, 5.74) is 0. The fraction of sp³-hybridized carbons (Fsp3) is 0.882. The lowest BCUT2D eigenvalue weighted by atomic mass is 9.92. The first kappa shape index (κ1) is 19.3. The number of aliphatic carboxylic acids is 1. The van der Waals surface area contributed by atoms with E-state index < -0.39 is 5.97 Å². The van der Waals surface area contributed by atoms with Crippen molar-refractivity contribution in [2.24, 2.45) is 5.92 Å². The Kier molecular flexibility index (Phi) is 11.2. The van der Waals surface area contributed by atoms with Crippen LogP contribution in [0.25, 0.3) is 0 Å². The van der Waals surface area contributed by atoms with Crippen LogP contribution in [0, 0.1) is 5.92 Å². The summed E-state index contributed by atoms with van der Waals surface area (Å²) in [6.45, 7) is 0.573. The van der Waals surface area contributed by atoms with E-state index in [1.807, 2.05) is 0 Å². The molecule has 1 amide bonds. The molecule has 0 radical (unpaired) electrons. The highest BCUT2D eigenvalue weighted by molar-refractivity contribution is 7.99. The van der Waals surface area contributed by atoms with Crippen LogP contribution >= 0.6 is 11.8 Å². The SMILES string of the molecule is O=C(O)CSCCNC(=O)CC1CCCCCCCCCC1. The molecular formula is C17H31NO3S. The van der Waals surface area contributed by atoms with E-state index in [0.717, 1.165) is 0 Å². The number of carbonyl (C=O) groups is 2. The average molecular weight is 330 g/mol. The third kappa shape index (κ3) is 10.9. The van der Waals surface area contributed by atoms with Gasteiger partial charge in [0.2, 0.25) is 5.91 Å². The van der Waals surface area contributed by atoms with E-state index in [4.69, 9.17) is 5.11 Å². The molecule has 5 heteroatoms. The minimum Gasteiger partial charge on any atom is -0.481 e. The van der Waals surface area contributed by atoms with Crippen molar-refractivity contribution in [3.05, 3.63) is 0 Å². The molecule has 0 aliphatic heterocycles. The number of hydrogen-bond donors (Lipinski definition) is 2. The molecule has 0 aromatic carbocycles. The Labute approximate surface area is 138 Å². The van der Waals surface area contributed by atoms with E-state index in [1.165, 1.54) is 76.0 Å². The Morgan fingerprint density at radius 2 is 1.50 bits per heavy atom. The van der Waals surface area contributed by atoms with Gasteiger partial charge in [0, 0.05) is 18.7 Å². The van der Waals surface area contributed by atoms with Crippen molar-refractivity contribution >= 4 is 23.6 Å². The lowest BCUT2D eigenvalue weighted by Gasteiger charge is -2.16. The maximum absolute atomic E-state index is 12.0. The lowest BCUT2D eigenvalue weighted by Crippen LogP contribution is -2.28. The van der Waals surface area contributed by atoms with Crippen LogP contribution in [-0.4, -0.2) is 35.0 Å². The summed E-state index contributed by atoms with van der Waals surface area (Å²) in [6.07, 6.45) is 13.6. The highest BCUT2D eigenvalue weighted by Gasteiger charge is 2.14. The predicted octanol–water partition coefficient (Wildman–Crippen LogP) is 3.84. The van der Waals surface area contributed by atoms with E-state index in [1.54, 1.807) is 0 Å². The summed E-state index contributed by atoms with van der Waals surface area (Å²) in [4.78, 5) is 22.4. The van der Waals surface area contributed by atoms with Crippen LogP contribution in [0.2, 0.25) is 0 Å². The first-order chi connectivity index (χ1) is 10.7. The average Bonchev–Trinajstić information content (AvgIpc) is 2.53. The zero-order valence-electron chi connectivity index (χ0n) is 13.6. The molecule has 0 atom stereocenters. The van der Waals surface area contributed by atoms with Gasteiger partial charge in [0.1, 0.15) is 0 Å². The summed E-state index contributed by atoms with van der Waals surface area (Å²) >= 11 is 1.35. The molecule has 0 aromatic heterocycles. The van der Waals surface area contributed by atoms with Crippen LogP contribution in [0.5, 0.6) is 0 Å². The van der Waals surface area contributed by atoms with E-state index in [0.29, 0.717) is 24.6 Å². The summed E-state index contributed by atoms with van der Waals surface area (Å²) in [7, 11) is 0. The number of nitrogens with one attached hydrogen (secondary N) is 1. The first-order valence-electron chi connectivity index (χ1n) is 8.74. The second-order valence-electron chi connectivity index (χ2n) is 6.27. The van der Waals surface area contributed by atoms with Gasteiger partial charge >= 0.3 is 5.97 Å². The zero-order chi connectivity index (χ0) is 16.0. The Balaban J connectivity index is 2.17. The summed E-state index contributed by atoms with van der Waals surface area (Å²) in [6, 6.07) is 0. The van der Waals surface area contributed by atoms with Crippen LogP contribution < -0.4 is 5.32 Å². The van der Waals surface area contributed by atoms with Crippen LogP contribution in [0.15, 0.2) is 0 Å². The van der Waals surface area contributed by atoms with Gasteiger partial charge < -0.3 is 10.4 Å². The minimum atomic E-state index is -0.797. The maximum Gasteiger partial charge on any atom is 0.313 e. The van der Waals surface area contributed by atoms with E-state index in [2.05, 4.69) is 5.32 Å². The first-order valence-corrected chi connectivity index (χ1v) is 9.90. The third-order valence-electron chi connectivity index (χ3n) is 4.24. The molecule has 1 fully saturated rings. The lowest BCUT2D eigenvalue weighted by molar-refractivity contribution is -0.133. The van der Waals surface area contributed by atoms with Crippen molar-refractivity contribution < 1.29 is 14.7 Å². The van der Waals surface area contributed by atoms with Gasteiger partial charge in [0.25, 0.3) is 0 Å². The molecule has 0 spiro atoms. The number of hydrogen-bond acceptors (Lipinski definition) is 3. The van der Waals surface area contributed by atoms with Gasteiger partial charge in [-0.2, -0.15) is 0 Å². The van der Waals surface area contributed by atoms with Crippen molar-refractivity contribution in [2.45, 2.75) is 70.6 Å². The molecule has 2 N–H and O–H groups in total. The van der Waals surface area contributed by atoms with Crippen molar-refractivity contribution in [2.75, 3.05) is 18.1 Å². The minimum absolute atomic E-state index is 0.110. The summed E-state index contributed by atoms with van der Waals surface area (Å²) in [5.74, 6) is 0.649. The van der Waals surface area contributed by atoms with Crippen molar-refractivity contribution in [1.29, 1.82) is 0 Å². The molecule has 0 saturated heterocycles. The molecular weight excluding hydrogens is 298 g/mol. The number of carboxylic acids is 1. The van der Waals surface area contributed by atoms with E-state index >= 15 is 0 Å². The van der Waals surface area contributed by atoms with Gasteiger partial charge in [0.15, 0.2) is 0 Å². The highest BCUT2D eigenvalue weighted by atomic mass is 32.2. The van der Waals surface area contributed by atoms with E-state index in [-0.39, 0.29) is 11.7 Å². The number of rotatable bonds is 7. The van der Waals surface area contributed by atoms with Crippen LogP contribution in [-0.2, 0) is 9.59 Å². The third-order valence-corrected chi connectivity index (χ3v) is 5.19. The van der Waals surface area contributed by atoms with Crippen LogP contribution in [0.1, 0.15) is 70.6 Å². The number of thioether (sulfide) groups is 1. The molecule has 0 heterocycles. The van der Waals surface area contributed by atoms with Crippen LogP contribution in [0.3, 0.4) is 0 Å².